The first kappa shape index (κ1) is 15.4. The van der Waals surface area contributed by atoms with Crippen molar-refractivity contribution < 1.29 is 4.79 Å². The molecule has 0 N–H and O–H groups in total. The van der Waals surface area contributed by atoms with Crippen molar-refractivity contribution in [1.29, 1.82) is 0 Å². The summed E-state index contributed by atoms with van der Waals surface area (Å²) in [5.74, 6) is 0.0366. The quantitative estimate of drug-likeness (QED) is 0.534. The highest BCUT2D eigenvalue weighted by Gasteiger charge is 2.10. The van der Waals surface area contributed by atoms with Crippen LogP contribution in [0, 0.1) is 0 Å². The SMILES string of the molecule is CC/C=C/CCCCCCC(=O)n1nnc2ccccc21. The number of allylic oxidation sites excluding steroid dienone is 2. The molecule has 21 heavy (non-hydrogen) atoms. The molecule has 0 fully saturated rings. The lowest BCUT2D eigenvalue weighted by Crippen LogP contribution is -2.12. The molecule has 0 aliphatic carbocycles. The molecular weight excluding hydrogens is 262 g/mol. The van der Waals surface area contributed by atoms with E-state index in [1.54, 1.807) is 0 Å². The Morgan fingerprint density at radius 2 is 1.95 bits per heavy atom. The van der Waals surface area contributed by atoms with Crippen molar-refractivity contribution in [3.63, 3.8) is 0 Å². The molecule has 4 nitrogen and oxygen atoms in total. The molecule has 0 amide bonds. The average molecular weight is 285 g/mol. The second kappa shape index (κ2) is 8.35. The number of hydrogen-bond acceptors (Lipinski definition) is 3. The van der Waals surface area contributed by atoms with Gasteiger partial charge in [-0.1, -0.05) is 49.3 Å². The minimum absolute atomic E-state index is 0.0366. The zero-order chi connectivity index (χ0) is 14.9. The first-order valence-corrected chi connectivity index (χ1v) is 7.81. The monoisotopic (exact) mass is 285 g/mol. The second-order valence-corrected chi connectivity index (χ2v) is 5.22. The number of carbonyl (C=O) groups is 1. The van der Waals surface area contributed by atoms with Crippen molar-refractivity contribution in [2.24, 2.45) is 0 Å². The fourth-order valence-corrected chi connectivity index (χ4v) is 2.34. The second-order valence-electron chi connectivity index (χ2n) is 5.22. The van der Waals surface area contributed by atoms with Crippen molar-refractivity contribution in [1.82, 2.24) is 15.0 Å². The maximum absolute atomic E-state index is 12.1. The molecule has 0 atom stereocenters. The van der Waals surface area contributed by atoms with Gasteiger partial charge < -0.3 is 0 Å². The van der Waals surface area contributed by atoms with Gasteiger partial charge in [0, 0.05) is 6.42 Å². The highest BCUT2D eigenvalue weighted by Crippen LogP contribution is 2.12. The van der Waals surface area contributed by atoms with Crippen LogP contribution in [0.4, 0.5) is 0 Å². The summed E-state index contributed by atoms with van der Waals surface area (Å²) in [6, 6.07) is 7.56. The van der Waals surface area contributed by atoms with Crippen LogP contribution in [0.25, 0.3) is 11.0 Å². The van der Waals surface area contributed by atoms with Crippen LogP contribution in [0.3, 0.4) is 0 Å². The standard InChI is InChI=1S/C17H23N3O/c1-2-3-4-5-6-7-8-9-14-17(21)20-16-13-11-10-12-15(16)18-19-20/h3-4,10-13H,2,5-9,14H2,1H3/b4-3+. The van der Waals surface area contributed by atoms with E-state index in [4.69, 9.17) is 0 Å². The van der Waals surface area contributed by atoms with Gasteiger partial charge in [0.15, 0.2) is 0 Å². The van der Waals surface area contributed by atoms with Gasteiger partial charge in [0.05, 0.1) is 5.52 Å². The van der Waals surface area contributed by atoms with Crippen molar-refractivity contribution in [2.75, 3.05) is 0 Å². The number of fused-ring (bicyclic) bond motifs is 1. The van der Waals surface area contributed by atoms with Crippen LogP contribution in [0.5, 0.6) is 0 Å². The number of hydrogen-bond donors (Lipinski definition) is 0. The maximum atomic E-state index is 12.1. The third-order valence-electron chi connectivity index (χ3n) is 3.50. The molecule has 1 aromatic heterocycles. The summed E-state index contributed by atoms with van der Waals surface area (Å²) in [6.45, 7) is 2.15. The van der Waals surface area contributed by atoms with Gasteiger partial charge in [0.25, 0.3) is 0 Å². The summed E-state index contributed by atoms with van der Waals surface area (Å²) in [7, 11) is 0. The smallest absolute Gasteiger partial charge is 0.248 e. The zero-order valence-electron chi connectivity index (χ0n) is 12.7. The van der Waals surface area contributed by atoms with Gasteiger partial charge in [0.2, 0.25) is 5.91 Å². The van der Waals surface area contributed by atoms with E-state index >= 15 is 0 Å². The molecule has 0 saturated carbocycles. The largest absolute Gasteiger partial charge is 0.273 e. The van der Waals surface area contributed by atoms with Gasteiger partial charge in [-0.2, -0.15) is 4.68 Å². The Morgan fingerprint density at radius 3 is 2.81 bits per heavy atom. The van der Waals surface area contributed by atoms with Crippen LogP contribution >= 0.6 is 0 Å². The number of carbonyl (C=O) groups excluding carboxylic acids is 1. The van der Waals surface area contributed by atoms with Crippen molar-refractivity contribution in [3.05, 3.63) is 36.4 Å². The number of rotatable bonds is 8. The fourth-order valence-electron chi connectivity index (χ4n) is 2.34. The van der Waals surface area contributed by atoms with Gasteiger partial charge in [-0.05, 0) is 37.8 Å². The average Bonchev–Trinajstić information content (AvgIpc) is 2.94. The lowest BCUT2D eigenvalue weighted by molar-refractivity contribution is 0.0886. The van der Waals surface area contributed by atoms with E-state index < -0.39 is 0 Å². The third kappa shape index (κ3) is 4.52. The minimum atomic E-state index is 0.0366. The lowest BCUT2D eigenvalue weighted by Gasteiger charge is -2.01. The first-order chi connectivity index (χ1) is 10.3. The summed E-state index contributed by atoms with van der Waals surface area (Å²) in [5, 5.41) is 7.96. The van der Waals surface area contributed by atoms with E-state index in [0.29, 0.717) is 6.42 Å². The van der Waals surface area contributed by atoms with E-state index in [2.05, 4.69) is 29.4 Å². The number of benzene rings is 1. The van der Waals surface area contributed by atoms with Gasteiger partial charge in [0.1, 0.15) is 5.52 Å². The van der Waals surface area contributed by atoms with E-state index in [0.717, 1.165) is 36.7 Å². The molecule has 0 bridgehead atoms. The van der Waals surface area contributed by atoms with Gasteiger partial charge in [-0.25, -0.2) is 0 Å². The summed E-state index contributed by atoms with van der Waals surface area (Å²) < 4.78 is 1.43. The summed E-state index contributed by atoms with van der Waals surface area (Å²) in [6.07, 6.45) is 11.7. The molecule has 0 unspecified atom stereocenters. The predicted molar refractivity (Wildman–Crippen MR) is 85.3 cm³/mol. The fraction of sp³-hybridized carbons (Fsp3) is 0.471. The Hall–Kier alpha value is -1.97. The summed E-state index contributed by atoms with van der Waals surface area (Å²) in [5.41, 5.74) is 1.57. The number of unbranched alkanes of at least 4 members (excludes halogenated alkanes) is 4. The van der Waals surface area contributed by atoms with Crippen LogP contribution in [-0.4, -0.2) is 20.9 Å². The molecule has 0 radical (unpaired) electrons. The van der Waals surface area contributed by atoms with E-state index in [9.17, 15) is 4.79 Å². The van der Waals surface area contributed by atoms with Gasteiger partial charge in [-0.15, -0.1) is 5.10 Å². The van der Waals surface area contributed by atoms with E-state index in [1.807, 2.05) is 24.3 Å². The van der Waals surface area contributed by atoms with Crippen LogP contribution in [0.1, 0.15) is 56.7 Å². The summed E-state index contributed by atoms with van der Waals surface area (Å²) >= 11 is 0. The lowest BCUT2D eigenvalue weighted by atomic mass is 10.1. The predicted octanol–water partition coefficient (Wildman–Crippen LogP) is 4.38. The third-order valence-corrected chi connectivity index (χ3v) is 3.50. The van der Waals surface area contributed by atoms with E-state index in [-0.39, 0.29) is 5.91 Å². The first-order valence-electron chi connectivity index (χ1n) is 7.81. The van der Waals surface area contributed by atoms with Crippen LogP contribution in [0.15, 0.2) is 36.4 Å². The normalized spacial score (nSPS) is 11.5. The molecule has 1 aromatic carbocycles. The van der Waals surface area contributed by atoms with Crippen LogP contribution < -0.4 is 0 Å². The highest BCUT2D eigenvalue weighted by molar-refractivity contribution is 5.88. The van der Waals surface area contributed by atoms with Gasteiger partial charge >= 0.3 is 0 Å². The highest BCUT2D eigenvalue weighted by atomic mass is 16.2. The Bertz CT molecular complexity index is 601. The zero-order valence-corrected chi connectivity index (χ0v) is 12.7. The minimum Gasteiger partial charge on any atom is -0.273 e. The molecule has 2 rings (SSSR count). The van der Waals surface area contributed by atoms with Crippen LogP contribution in [-0.2, 0) is 0 Å². The summed E-state index contributed by atoms with van der Waals surface area (Å²) in [4.78, 5) is 12.1. The molecule has 0 saturated heterocycles. The molecule has 112 valence electrons. The molecular formula is C17H23N3O. The van der Waals surface area contributed by atoms with Gasteiger partial charge in [-0.3, -0.25) is 4.79 Å². The number of para-hydroxylation sites is 1. The Morgan fingerprint density at radius 1 is 1.14 bits per heavy atom. The maximum Gasteiger partial charge on any atom is 0.248 e. The number of aromatic nitrogens is 3. The molecule has 0 spiro atoms. The van der Waals surface area contributed by atoms with Crippen molar-refractivity contribution >= 4 is 16.9 Å². The number of nitrogens with zero attached hydrogens (tertiary/aromatic N) is 3. The Kier molecular flexibility index (Phi) is 6.13. The molecule has 1 heterocycles. The Balaban J connectivity index is 1.71. The van der Waals surface area contributed by atoms with Crippen molar-refractivity contribution in [2.45, 2.75) is 51.9 Å². The van der Waals surface area contributed by atoms with Crippen LogP contribution in [0.2, 0.25) is 0 Å². The molecule has 4 heteroatoms. The molecule has 0 aliphatic heterocycles. The van der Waals surface area contributed by atoms with Crippen molar-refractivity contribution in [3.8, 4) is 0 Å². The molecule has 0 aliphatic rings. The molecule has 2 aromatic rings. The Labute approximate surface area is 125 Å². The topological polar surface area (TPSA) is 47.8 Å². The van der Waals surface area contributed by atoms with E-state index in [1.165, 1.54) is 17.5 Å².